The van der Waals surface area contributed by atoms with Gasteiger partial charge in [-0.2, -0.15) is 0 Å². The second-order valence-electron chi connectivity index (χ2n) is 5.65. The molecule has 0 spiro atoms. The highest BCUT2D eigenvalue weighted by Gasteiger charge is 2.20. The minimum absolute atomic E-state index is 0.0991. The van der Waals surface area contributed by atoms with Gasteiger partial charge in [0.05, 0.1) is 6.04 Å². The van der Waals surface area contributed by atoms with Crippen molar-refractivity contribution in [3.63, 3.8) is 0 Å². The Morgan fingerprint density at radius 2 is 2.10 bits per heavy atom. The molecule has 2 rings (SSSR count). The quantitative estimate of drug-likeness (QED) is 0.868. The van der Waals surface area contributed by atoms with Crippen LogP contribution in [0, 0.1) is 5.92 Å². The summed E-state index contributed by atoms with van der Waals surface area (Å²) in [5.41, 5.74) is 7.97. The topological polar surface area (TPSA) is 58.4 Å². The summed E-state index contributed by atoms with van der Waals surface area (Å²) in [4.78, 5) is 14.4. The molecule has 1 amide bonds. The van der Waals surface area contributed by atoms with Crippen molar-refractivity contribution < 1.29 is 4.79 Å². The molecule has 1 aliphatic rings. The second-order valence-corrected chi connectivity index (χ2v) is 5.65. The molecule has 0 radical (unpaired) electrons. The predicted molar refractivity (Wildman–Crippen MR) is 83.9 cm³/mol. The number of hydrogen-bond acceptors (Lipinski definition) is 3. The van der Waals surface area contributed by atoms with Gasteiger partial charge in [0.2, 0.25) is 5.91 Å². The van der Waals surface area contributed by atoms with Crippen LogP contribution < -0.4 is 16.0 Å². The van der Waals surface area contributed by atoms with E-state index in [0.29, 0.717) is 0 Å². The molecule has 0 bridgehead atoms. The maximum atomic E-state index is 12.1. The van der Waals surface area contributed by atoms with E-state index in [1.807, 2.05) is 32.0 Å². The molecule has 1 heterocycles. The van der Waals surface area contributed by atoms with Crippen molar-refractivity contribution in [2.45, 2.75) is 39.2 Å². The van der Waals surface area contributed by atoms with Gasteiger partial charge in [0.1, 0.15) is 0 Å². The summed E-state index contributed by atoms with van der Waals surface area (Å²) in [6.45, 7) is 6.25. The van der Waals surface area contributed by atoms with Crippen molar-refractivity contribution in [3.05, 3.63) is 24.3 Å². The first-order chi connectivity index (χ1) is 9.61. The molecule has 4 nitrogen and oxygen atoms in total. The number of nitrogens with zero attached hydrogens (tertiary/aromatic N) is 1. The minimum Gasteiger partial charge on any atom is -0.371 e. The molecule has 2 atom stereocenters. The highest BCUT2D eigenvalue weighted by molar-refractivity contribution is 5.95. The van der Waals surface area contributed by atoms with Crippen LogP contribution in [0.1, 0.15) is 33.1 Å². The van der Waals surface area contributed by atoms with Gasteiger partial charge in [-0.15, -0.1) is 0 Å². The molecule has 0 unspecified atom stereocenters. The van der Waals surface area contributed by atoms with Gasteiger partial charge in [0, 0.05) is 24.5 Å². The van der Waals surface area contributed by atoms with E-state index in [2.05, 4.69) is 16.3 Å². The minimum atomic E-state index is -0.449. The molecule has 1 fully saturated rings. The lowest BCUT2D eigenvalue weighted by molar-refractivity contribution is -0.118. The summed E-state index contributed by atoms with van der Waals surface area (Å²) in [6.07, 6.45) is 3.40. The van der Waals surface area contributed by atoms with Crippen molar-refractivity contribution in [1.82, 2.24) is 0 Å². The molecule has 1 saturated heterocycles. The summed E-state index contributed by atoms with van der Waals surface area (Å²) in [5, 5.41) is 2.93. The van der Waals surface area contributed by atoms with Gasteiger partial charge in [-0.3, -0.25) is 4.79 Å². The Hall–Kier alpha value is -1.55. The largest absolute Gasteiger partial charge is 0.371 e. The number of amides is 1. The van der Waals surface area contributed by atoms with E-state index in [0.717, 1.165) is 25.2 Å². The van der Waals surface area contributed by atoms with E-state index < -0.39 is 6.04 Å². The molecule has 110 valence electrons. The first-order valence-electron chi connectivity index (χ1n) is 7.53. The van der Waals surface area contributed by atoms with Crippen LogP contribution in [0.15, 0.2) is 24.3 Å². The molecule has 1 aromatic carbocycles. The number of carbonyl (C=O) groups excluding carboxylic acids is 1. The second kappa shape index (κ2) is 6.75. The normalized spacial score (nSPS) is 17.9. The number of hydrogen-bond donors (Lipinski definition) is 2. The number of nitrogens with two attached hydrogens (primary N) is 1. The van der Waals surface area contributed by atoms with Crippen LogP contribution in [0.5, 0.6) is 0 Å². The van der Waals surface area contributed by atoms with E-state index in [1.54, 1.807) is 0 Å². The first kappa shape index (κ1) is 14.9. The molecule has 1 aliphatic heterocycles. The highest BCUT2D eigenvalue weighted by atomic mass is 16.2. The lowest BCUT2D eigenvalue weighted by atomic mass is 9.99. The fraction of sp³-hybridized carbons (Fsp3) is 0.562. The lowest BCUT2D eigenvalue weighted by Crippen LogP contribution is -2.40. The summed E-state index contributed by atoms with van der Waals surface area (Å²) in [6, 6.07) is 7.58. The Kier molecular flexibility index (Phi) is 5.01. The van der Waals surface area contributed by atoms with Gasteiger partial charge in [0.15, 0.2) is 0 Å². The van der Waals surface area contributed by atoms with Crippen molar-refractivity contribution in [1.29, 1.82) is 0 Å². The van der Waals surface area contributed by atoms with Crippen LogP contribution >= 0.6 is 0 Å². The van der Waals surface area contributed by atoms with Crippen LogP contribution in [0.3, 0.4) is 0 Å². The summed E-state index contributed by atoms with van der Waals surface area (Å²) < 4.78 is 0. The van der Waals surface area contributed by atoms with Crippen molar-refractivity contribution in [2.24, 2.45) is 11.7 Å². The monoisotopic (exact) mass is 275 g/mol. The molecule has 1 aromatic rings. The van der Waals surface area contributed by atoms with Gasteiger partial charge in [0.25, 0.3) is 0 Å². The molecule has 0 aromatic heterocycles. The standard InChI is InChI=1S/C16H25N3O/c1-3-12(2)15(17)16(20)18-13-7-6-8-14(11-13)19-9-4-5-10-19/h6-8,11-12,15H,3-5,9-10,17H2,1-2H3,(H,18,20)/t12-,15+/m0/s1. The zero-order valence-electron chi connectivity index (χ0n) is 12.4. The van der Waals surface area contributed by atoms with Crippen molar-refractivity contribution >= 4 is 17.3 Å². The molecular weight excluding hydrogens is 250 g/mol. The Morgan fingerprint density at radius 1 is 1.40 bits per heavy atom. The van der Waals surface area contributed by atoms with Gasteiger partial charge in [-0.25, -0.2) is 0 Å². The average molecular weight is 275 g/mol. The third-order valence-corrected chi connectivity index (χ3v) is 4.14. The molecule has 3 N–H and O–H groups in total. The van der Waals surface area contributed by atoms with E-state index in [9.17, 15) is 4.79 Å². The number of anilines is 2. The third-order valence-electron chi connectivity index (χ3n) is 4.14. The van der Waals surface area contributed by atoms with Crippen molar-refractivity contribution in [3.8, 4) is 0 Å². The molecule has 4 heteroatoms. The molecule has 0 aliphatic carbocycles. The number of benzene rings is 1. The van der Waals surface area contributed by atoms with Gasteiger partial charge in [-0.05, 0) is 37.0 Å². The van der Waals surface area contributed by atoms with Gasteiger partial charge < -0.3 is 16.0 Å². The zero-order chi connectivity index (χ0) is 14.5. The summed E-state index contributed by atoms with van der Waals surface area (Å²) in [7, 11) is 0. The highest BCUT2D eigenvalue weighted by Crippen LogP contribution is 2.23. The Bertz CT molecular complexity index is 455. The van der Waals surface area contributed by atoms with Crippen LogP contribution in [-0.4, -0.2) is 25.0 Å². The Balaban J connectivity index is 2.02. The van der Waals surface area contributed by atoms with Crippen LogP contribution in [-0.2, 0) is 4.79 Å². The van der Waals surface area contributed by atoms with Crippen LogP contribution in [0.2, 0.25) is 0 Å². The zero-order valence-corrected chi connectivity index (χ0v) is 12.4. The maximum Gasteiger partial charge on any atom is 0.241 e. The first-order valence-corrected chi connectivity index (χ1v) is 7.53. The van der Waals surface area contributed by atoms with Crippen LogP contribution in [0.4, 0.5) is 11.4 Å². The van der Waals surface area contributed by atoms with E-state index in [4.69, 9.17) is 5.73 Å². The van der Waals surface area contributed by atoms with Crippen LogP contribution in [0.25, 0.3) is 0 Å². The number of nitrogens with one attached hydrogen (secondary N) is 1. The fourth-order valence-electron chi connectivity index (χ4n) is 2.49. The van der Waals surface area contributed by atoms with E-state index in [-0.39, 0.29) is 11.8 Å². The molecule has 20 heavy (non-hydrogen) atoms. The molecule has 0 saturated carbocycles. The third kappa shape index (κ3) is 3.51. The summed E-state index contributed by atoms with van der Waals surface area (Å²) in [5.74, 6) is 0.0923. The summed E-state index contributed by atoms with van der Waals surface area (Å²) >= 11 is 0. The number of rotatable bonds is 5. The Morgan fingerprint density at radius 3 is 2.75 bits per heavy atom. The smallest absolute Gasteiger partial charge is 0.241 e. The number of carbonyl (C=O) groups is 1. The van der Waals surface area contributed by atoms with E-state index in [1.165, 1.54) is 18.5 Å². The predicted octanol–water partition coefficient (Wildman–Crippen LogP) is 2.60. The maximum absolute atomic E-state index is 12.1. The SMILES string of the molecule is CC[C@H](C)[C@@H](N)C(=O)Nc1cccc(N2CCCC2)c1. The van der Waals surface area contributed by atoms with Gasteiger partial charge >= 0.3 is 0 Å². The van der Waals surface area contributed by atoms with Crippen molar-refractivity contribution in [2.75, 3.05) is 23.3 Å². The van der Waals surface area contributed by atoms with Gasteiger partial charge in [-0.1, -0.05) is 26.3 Å². The lowest BCUT2D eigenvalue weighted by Gasteiger charge is -2.20. The fourth-order valence-corrected chi connectivity index (χ4v) is 2.49. The van der Waals surface area contributed by atoms with E-state index >= 15 is 0 Å². The Labute approximate surface area is 121 Å². The molecular formula is C16H25N3O. The average Bonchev–Trinajstić information content (AvgIpc) is 3.00.